The molecule has 0 aliphatic carbocycles. The van der Waals surface area contributed by atoms with Crippen LogP contribution in [0.2, 0.25) is 0 Å². The number of quaternary nitrogens is 1. The molecule has 0 heterocycles. The highest BCUT2D eigenvalue weighted by atomic mass is 16.6. The van der Waals surface area contributed by atoms with Gasteiger partial charge in [0.2, 0.25) is 0 Å². The van der Waals surface area contributed by atoms with E-state index in [2.05, 4.69) is 51.4 Å². The van der Waals surface area contributed by atoms with Crippen LogP contribution in [0.1, 0.15) is 113 Å². The van der Waals surface area contributed by atoms with Crippen molar-refractivity contribution in [3.05, 3.63) is 79.9 Å². The summed E-state index contributed by atoms with van der Waals surface area (Å²) in [5.41, 5.74) is -1.29. The molecule has 0 fully saturated rings. The lowest BCUT2D eigenvalue weighted by Gasteiger charge is -2.30. The molecular formula is C32H49N3O6. The largest absolute Gasteiger partial charge is 0.545 e. The zero-order valence-electron chi connectivity index (χ0n) is 25.2. The fraction of sp³-hybridized carbons (Fsp3) is 0.594. The van der Waals surface area contributed by atoms with E-state index in [1.165, 1.54) is 102 Å². The van der Waals surface area contributed by atoms with Crippen molar-refractivity contribution in [2.24, 2.45) is 0 Å². The summed E-state index contributed by atoms with van der Waals surface area (Å²) in [6.07, 6.45) is 20.2. The van der Waals surface area contributed by atoms with Gasteiger partial charge in [-0.25, -0.2) is 0 Å². The highest BCUT2D eigenvalue weighted by Crippen LogP contribution is 2.29. The Morgan fingerprint density at radius 3 is 1.61 bits per heavy atom. The smallest absolute Gasteiger partial charge is 0.354 e. The maximum Gasteiger partial charge on any atom is 0.354 e. The fourth-order valence-electron chi connectivity index (χ4n) is 4.93. The maximum absolute atomic E-state index is 10.5. The summed E-state index contributed by atoms with van der Waals surface area (Å²) in [7, 11) is 4.74. The molecule has 0 aliphatic rings. The molecule has 0 saturated carbocycles. The van der Waals surface area contributed by atoms with Gasteiger partial charge in [0.05, 0.1) is 42.0 Å². The standard InChI is InChI=1S/C25H46N.C7H4N2O6/c1-4-5-6-7-8-9-10-11-12-13-14-15-16-20-23-26(2,3)24-25-21-18-17-19-22-25;10-7(11)4-2-1-3-5(8(12)13)6(4)9(14)15/h17-19,21-22H,4-16,20,23-24H2,1-3H3;1-3H,(H,10,11)/q+1;/p-1. The average Bonchev–Trinajstić information content (AvgIpc) is 2.93. The summed E-state index contributed by atoms with van der Waals surface area (Å²) in [5.74, 6) is -1.83. The Morgan fingerprint density at radius 1 is 0.683 bits per heavy atom. The Labute approximate surface area is 245 Å². The zero-order valence-corrected chi connectivity index (χ0v) is 25.2. The second-order valence-corrected chi connectivity index (χ2v) is 11.4. The van der Waals surface area contributed by atoms with Gasteiger partial charge in [-0.1, -0.05) is 120 Å². The monoisotopic (exact) mass is 571 g/mol. The molecule has 0 spiro atoms. The number of carbonyl (C=O) groups is 1. The molecule has 0 saturated heterocycles. The average molecular weight is 572 g/mol. The minimum Gasteiger partial charge on any atom is -0.545 e. The van der Waals surface area contributed by atoms with E-state index in [4.69, 9.17) is 0 Å². The van der Waals surface area contributed by atoms with Crippen LogP contribution in [0.4, 0.5) is 11.4 Å². The van der Waals surface area contributed by atoms with Crippen molar-refractivity contribution in [1.82, 2.24) is 0 Å². The first-order valence-corrected chi connectivity index (χ1v) is 15.1. The van der Waals surface area contributed by atoms with E-state index in [9.17, 15) is 30.1 Å². The Hall–Kier alpha value is -3.33. The summed E-state index contributed by atoms with van der Waals surface area (Å²) in [5, 5.41) is 31.3. The Bertz CT molecular complexity index is 1010. The molecule has 2 aromatic rings. The second-order valence-electron chi connectivity index (χ2n) is 11.4. The van der Waals surface area contributed by atoms with Crippen LogP contribution in [0.5, 0.6) is 0 Å². The summed E-state index contributed by atoms with van der Waals surface area (Å²) in [6, 6.07) is 13.7. The third-order valence-corrected chi connectivity index (χ3v) is 7.18. The van der Waals surface area contributed by atoms with Crippen LogP contribution < -0.4 is 5.11 Å². The number of aromatic carboxylic acids is 1. The zero-order chi connectivity index (χ0) is 30.5. The van der Waals surface area contributed by atoms with Crippen LogP contribution in [-0.2, 0) is 6.54 Å². The normalized spacial score (nSPS) is 11.0. The number of hydrogen-bond donors (Lipinski definition) is 0. The number of rotatable bonds is 20. The van der Waals surface area contributed by atoms with Crippen LogP contribution in [0.15, 0.2) is 48.5 Å². The summed E-state index contributed by atoms with van der Waals surface area (Å²) in [4.78, 5) is 29.2. The predicted octanol–water partition coefficient (Wildman–Crippen LogP) is 7.61. The second kappa shape index (κ2) is 20.5. The lowest BCUT2D eigenvalue weighted by molar-refractivity contribution is -0.903. The molecular weight excluding hydrogens is 522 g/mol. The Balaban J connectivity index is 0.000000474. The van der Waals surface area contributed by atoms with E-state index in [-0.39, 0.29) is 0 Å². The quantitative estimate of drug-likeness (QED) is 0.0696. The number of nitro benzene ring substituents is 2. The number of carboxylic acid groups (broad SMARTS) is 1. The molecule has 2 rings (SSSR count). The predicted molar refractivity (Wildman–Crippen MR) is 162 cm³/mol. The minimum absolute atomic E-state index is 0.811. The van der Waals surface area contributed by atoms with Crippen molar-refractivity contribution in [2.45, 2.75) is 103 Å². The van der Waals surface area contributed by atoms with E-state index >= 15 is 0 Å². The minimum atomic E-state index is -1.83. The van der Waals surface area contributed by atoms with Crippen molar-refractivity contribution in [1.29, 1.82) is 0 Å². The number of para-hydroxylation sites is 1. The van der Waals surface area contributed by atoms with Crippen molar-refractivity contribution in [2.75, 3.05) is 20.6 Å². The van der Waals surface area contributed by atoms with E-state index in [0.717, 1.165) is 29.2 Å². The molecule has 9 heteroatoms. The first-order valence-electron chi connectivity index (χ1n) is 15.1. The first kappa shape index (κ1) is 35.7. The van der Waals surface area contributed by atoms with E-state index in [0.29, 0.717) is 0 Å². The van der Waals surface area contributed by atoms with Gasteiger partial charge < -0.3 is 14.4 Å². The number of carbonyl (C=O) groups excluding carboxylic acids is 1. The molecule has 0 atom stereocenters. The molecule has 228 valence electrons. The molecule has 41 heavy (non-hydrogen) atoms. The van der Waals surface area contributed by atoms with Gasteiger partial charge in [-0.2, -0.15) is 0 Å². The van der Waals surface area contributed by atoms with E-state index < -0.39 is 32.8 Å². The van der Waals surface area contributed by atoms with Gasteiger partial charge in [0.15, 0.2) is 0 Å². The fourth-order valence-corrected chi connectivity index (χ4v) is 4.93. The number of hydrogen-bond acceptors (Lipinski definition) is 6. The van der Waals surface area contributed by atoms with Crippen molar-refractivity contribution < 1.29 is 24.2 Å². The third-order valence-electron chi connectivity index (χ3n) is 7.18. The Kier molecular flexibility index (Phi) is 17.9. The molecule has 9 nitrogen and oxygen atoms in total. The number of carboxylic acids is 1. The molecule has 0 unspecified atom stereocenters. The number of nitrogens with zero attached hydrogens (tertiary/aromatic N) is 3. The third kappa shape index (κ3) is 15.9. The summed E-state index contributed by atoms with van der Waals surface area (Å²) >= 11 is 0. The van der Waals surface area contributed by atoms with Crippen LogP contribution in [-0.4, -0.2) is 40.9 Å². The van der Waals surface area contributed by atoms with E-state index in [1.54, 1.807) is 0 Å². The van der Waals surface area contributed by atoms with Crippen LogP contribution in [0.25, 0.3) is 0 Å². The van der Waals surface area contributed by atoms with Gasteiger partial charge >= 0.3 is 11.4 Å². The molecule has 0 aliphatic heterocycles. The van der Waals surface area contributed by atoms with Gasteiger partial charge in [-0.05, 0) is 18.9 Å². The van der Waals surface area contributed by atoms with E-state index in [1.807, 2.05) is 0 Å². The van der Waals surface area contributed by atoms with Gasteiger partial charge in [0.1, 0.15) is 6.54 Å². The first-order chi connectivity index (χ1) is 19.6. The molecule has 2 aromatic carbocycles. The lowest BCUT2D eigenvalue weighted by Crippen LogP contribution is -2.39. The van der Waals surface area contributed by atoms with Gasteiger partial charge in [-0.15, -0.1) is 0 Å². The van der Waals surface area contributed by atoms with Crippen LogP contribution >= 0.6 is 0 Å². The lowest BCUT2D eigenvalue weighted by atomic mass is 10.0. The van der Waals surface area contributed by atoms with Gasteiger partial charge in [-0.3, -0.25) is 20.2 Å². The topological polar surface area (TPSA) is 126 Å². The molecule has 0 amide bonds. The molecule has 0 aromatic heterocycles. The summed E-state index contributed by atoms with van der Waals surface area (Å²) in [6.45, 7) is 4.75. The van der Waals surface area contributed by atoms with Gasteiger partial charge in [0.25, 0.3) is 0 Å². The number of nitro groups is 2. The van der Waals surface area contributed by atoms with Crippen molar-refractivity contribution in [3.8, 4) is 0 Å². The highest BCUT2D eigenvalue weighted by Gasteiger charge is 2.28. The molecule has 0 N–H and O–H groups in total. The summed E-state index contributed by atoms with van der Waals surface area (Å²) < 4.78 is 1.11. The highest BCUT2D eigenvalue weighted by molar-refractivity contribution is 5.92. The maximum atomic E-state index is 10.5. The van der Waals surface area contributed by atoms with Gasteiger partial charge in [0, 0.05) is 11.6 Å². The Morgan fingerprint density at radius 2 is 1.17 bits per heavy atom. The van der Waals surface area contributed by atoms with Crippen molar-refractivity contribution in [3.63, 3.8) is 0 Å². The SMILES string of the molecule is CCCCCCCCCCCCCCCC[N+](C)(C)Cc1ccccc1.O=C([O-])c1cccc([N+](=O)[O-])c1[N+](=O)[O-]. The molecule has 0 radical (unpaired) electrons. The van der Waals surface area contributed by atoms with Crippen molar-refractivity contribution >= 4 is 17.3 Å². The van der Waals surface area contributed by atoms with Crippen LogP contribution in [0, 0.1) is 20.2 Å². The number of unbranched alkanes of at least 4 members (excludes halogenated alkanes) is 13. The molecule has 0 bridgehead atoms. The van der Waals surface area contributed by atoms with Crippen LogP contribution in [0.3, 0.4) is 0 Å². The number of benzene rings is 2.